The number of carbonyl (C=O) groups is 3. The minimum absolute atomic E-state index is 0.157. The molecule has 0 unspecified atom stereocenters. The van der Waals surface area contributed by atoms with Crippen molar-refractivity contribution in [2.24, 2.45) is 0 Å². The van der Waals surface area contributed by atoms with Crippen LogP contribution >= 0.6 is 0 Å². The second kappa shape index (κ2) is 10.2. The van der Waals surface area contributed by atoms with Gasteiger partial charge in [-0.25, -0.2) is 0 Å². The van der Waals surface area contributed by atoms with E-state index in [1.807, 2.05) is 0 Å². The molecule has 1 saturated carbocycles. The lowest BCUT2D eigenvalue weighted by molar-refractivity contribution is -0.133. The average molecular weight is 459 g/mol. The third-order valence-electron chi connectivity index (χ3n) is 7.55. The van der Waals surface area contributed by atoms with Crippen LogP contribution in [0.5, 0.6) is 0 Å². The van der Waals surface area contributed by atoms with Gasteiger partial charge in [0, 0.05) is 25.7 Å². The summed E-state index contributed by atoms with van der Waals surface area (Å²) in [4.78, 5) is 42.8. The third-order valence-corrected chi connectivity index (χ3v) is 7.55. The SMILES string of the molecule is CN1C(=O)c2cc(C(=O)NCCCN3CCCCC3)nn2C[C@]1(C)C(=O)NC1CCCCC1. The Kier molecular flexibility index (Phi) is 7.36. The van der Waals surface area contributed by atoms with Gasteiger partial charge in [0.15, 0.2) is 5.69 Å². The Morgan fingerprint density at radius 1 is 1.12 bits per heavy atom. The van der Waals surface area contributed by atoms with E-state index in [2.05, 4.69) is 20.6 Å². The molecule has 2 aliphatic heterocycles. The van der Waals surface area contributed by atoms with Crippen molar-refractivity contribution in [3.63, 3.8) is 0 Å². The van der Waals surface area contributed by atoms with Crippen molar-refractivity contribution in [2.75, 3.05) is 33.2 Å². The number of hydrogen-bond acceptors (Lipinski definition) is 5. The molecule has 4 rings (SSSR count). The fraction of sp³-hybridized carbons (Fsp3) is 0.750. The molecule has 3 heterocycles. The number of amides is 3. The highest BCUT2D eigenvalue weighted by Crippen LogP contribution is 2.27. The summed E-state index contributed by atoms with van der Waals surface area (Å²) < 4.78 is 1.52. The first-order chi connectivity index (χ1) is 15.9. The van der Waals surface area contributed by atoms with Gasteiger partial charge in [-0.15, -0.1) is 0 Å². The quantitative estimate of drug-likeness (QED) is 0.607. The van der Waals surface area contributed by atoms with Gasteiger partial charge in [-0.2, -0.15) is 5.10 Å². The molecule has 3 amide bonds. The highest BCUT2D eigenvalue weighted by Gasteiger charge is 2.46. The van der Waals surface area contributed by atoms with E-state index in [1.165, 1.54) is 41.3 Å². The van der Waals surface area contributed by atoms with Crippen LogP contribution in [0.1, 0.15) is 85.7 Å². The minimum Gasteiger partial charge on any atom is -0.351 e. The van der Waals surface area contributed by atoms with Gasteiger partial charge in [0.2, 0.25) is 5.91 Å². The lowest BCUT2D eigenvalue weighted by atomic mass is 9.92. The van der Waals surface area contributed by atoms with Crippen molar-refractivity contribution in [1.29, 1.82) is 0 Å². The number of likely N-dealkylation sites (tertiary alicyclic amines) is 1. The second-order valence-electron chi connectivity index (χ2n) is 10.0. The van der Waals surface area contributed by atoms with E-state index in [4.69, 9.17) is 0 Å². The number of aromatic nitrogens is 2. The van der Waals surface area contributed by atoms with Gasteiger partial charge in [-0.1, -0.05) is 25.7 Å². The van der Waals surface area contributed by atoms with Crippen LogP contribution in [-0.2, 0) is 11.3 Å². The largest absolute Gasteiger partial charge is 0.351 e. The maximum atomic E-state index is 13.2. The van der Waals surface area contributed by atoms with Crippen LogP contribution in [0.4, 0.5) is 0 Å². The molecule has 0 radical (unpaired) electrons. The van der Waals surface area contributed by atoms with E-state index in [1.54, 1.807) is 14.0 Å². The molecule has 2 fully saturated rings. The minimum atomic E-state index is -1.05. The predicted molar refractivity (Wildman–Crippen MR) is 125 cm³/mol. The molecular weight excluding hydrogens is 420 g/mol. The van der Waals surface area contributed by atoms with Crippen LogP contribution < -0.4 is 10.6 Å². The standard InChI is InChI=1S/C24H38N6O3/c1-24(23(33)26-18-10-5-3-6-11-18)17-30-20(22(32)28(24)2)16-19(27-30)21(31)25-12-9-15-29-13-7-4-8-14-29/h16,18H,3-15,17H2,1-2H3,(H,25,31)(H,26,33)/t24-/m1/s1. The summed E-state index contributed by atoms with van der Waals surface area (Å²) in [6.45, 7) is 5.85. The Morgan fingerprint density at radius 2 is 1.82 bits per heavy atom. The maximum absolute atomic E-state index is 13.2. The molecule has 9 nitrogen and oxygen atoms in total. The van der Waals surface area contributed by atoms with Gasteiger partial charge in [0.25, 0.3) is 11.8 Å². The van der Waals surface area contributed by atoms with E-state index in [-0.39, 0.29) is 36.0 Å². The fourth-order valence-electron chi connectivity index (χ4n) is 5.20. The first-order valence-corrected chi connectivity index (χ1v) is 12.6. The predicted octanol–water partition coefficient (Wildman–Crippen LogP) is 1.78. The number of carbonyl (C=O) groups excluding carboxylic acids is 3. The van der Waals surface area contributed by atoms with Crippen molar-refractivity contribution in [2.45, 2.75) is 82.8 Å². The van der Waals surface area contributed by atoms with E-state index in [0.29, 0.717) is 12.2 Å². The monoisotopic (exact) mass is 458 g/mol. The molecule has 9 heteroatoms. The molecule has 1 aromatic heterocycles. The smallest absolute Gasteiger partial charge is 0.272 e. The number of rotatable bonds is 7. The van der Waals surface area contributed by atoms with Gasteiger partial charge in [0.1, 0.15) is 11.2 Å². The molecule has 1 atom stereocenters. The Labute approximate surface area is 196 Å². The Balaban J connectivity index is 1.36. The number of hydrogen-bond donors (Lipinski definition) is 2. The van der Waals surface area contributed by atoms with Crippen molar-refractivity contribution in [3.05, 3.63) is 17.5 Å². The molecule has 0 spiro atoms. The van der Waals surface area contributed by atoms with Crippen LogP contribution in [-0.4, -0.2) is 82.1 Å². The molecule has 1 aliphatic carbocycles. The third kappa shape index (κ3) is 5.23. The molecule has 182 valence electrons. The highest BCUT2D eigenvalue weighted by molar-refractivity contribution is 6.01. The maximum Gasteiger partial charge on any atom is 0.272 e. The fourth-order valence-corrected chi connectivity index (χ4v) is 5.20. The molecular formula is C24H38N6O3. The topological polar surface area (TPSA) is 99.6 Å². The van der Waals surface area contributed by atoms with E-state index in [0.717, 1.165) is 51.7 Å². The second-order valence-corrected chi connectivity index (χ2v) is 10.0. The van der Waals surface area contributed by atoms with E-state index < -0.39 is 5.54 Å². The van der Waals surface area contributed by atoms with Crippen LogP contribution in [0.3, 0.4) is 0 Å². The van der Waals surface area contributed by atoms with E-state index in [9.17, 15) is 14.4 Å². The number of nitrogens with one attached hydrogen (secondary N) is 2. The molecule has 33 heavy (non-hydrogen) atoms. The van der Waals surface area contributed by atoms with Gasteiger partial charge in [0.05, 0.1) is 6.54 Å². The molecule has 2 N–H and O–H groups in total. The van der Waals surface area contributed by atoms with Gasteiger partial charge < -0.3 is 20.4 Å². The van der Waals surface area contributed by atoms with Gasteiger partial charge >= 0.3 is 0 Å². The lowest BCUT2D eigenvalue weighted by Gasteiger charge is -2.41. The highest BCUT2D eigenvalue weighted by atomic mass is 16.2. The van der Waals surface area contributed by atoms with Crippen LogP contribution in [0.25, 0.3) is 0 Å². The van der Waals surface area contributed by atoms with Crippen molar-refractivity contribution < 1.29 is 14.4 Å². The van der Waals surface area contributed by atoms with Gasteiger partial charge in [-0.05, 0) is 58.7 Å². The summed E-state index contributed by atoms with van der Waals surface area (Å²) in [6, 6.07) is 1.70. The zero-order valence-corrected chi connectivity index (χ0v) is 20.1. The summed E-state index contributed by atoms with van der Waals surface area (Å²) in [6.07, 6.45) is 10.1. The average Bonchev–Trinajstić information content (AvgIpc) is 3.25. The summed E-state index contributed by atoms with van der Waals surface area (Å²) in [7, 11) is 1.65. The van der Waals surface area contributed by atoms with Crippen LogP contribution in [0, 0.1) is 0 Å². The zero-order valence-electron chi connectivity index (χ0n) is 20.1. The van der Waals surface area contributed by atoms with Crippen LogP contribution in [0.15, 0.2) is 6.07 Å². The lowest BCUT2D eigenvalue weighted by Crippen LogP contribution is -2.63. The number of piperidine rings is 1. The molecule has 0 aromatic carbocycles. The normalized spacial score (nSPS) is 24.4. The summed E-state index contributed by atoms with van der Waals surface area (Å²) in [5.41, 5.74) is -0.476. The first-order valence-electron chi connectivity index (χ1n) is 12.6. The Bertz CT molecular complexity index is 872. The zero-order chi connectivity index (χ0) is 23.4. The van der Waals surface area contributed by atoms with Gasteiger partial charge in [-0.3, -0.25) is 19.1 Å². The van der Waals surface area contributed by atoms with Crippen molar-refractivity contribution in [3.8, 4) is 0 Å². The summed E-state index contributed by atoms with van der Waals surface area (Å²) >= 11 is 0. The van der Waals surface area contributed by atoms with Crippen molar-refractivity contribution >= 4 is 17.7 Å². The summed E-state index contributed by atoms with van der Waals surface area (Å²) in [5.74, 6) is -0.728. The number of nitrogens with zero attached hydrogens (tertiary/aromatic N) is 4. The number of likely N-dealkylation sites (N-methyl/N-ethyl adjacent to an activating group) is 1. The Hall–Kier alpha value is -2.42. The van der Waals surface area contributed by atoms with E-state index >= 15 is 0 Å². The van der Waals surface area contributed by atoms with Crippen LogP contribution in [0.2, 0.25) is 0 Å². The molecule has 1 saturated heterocycles. The first kappa shape index (κ1) is 23.7. The molecule has 3 aliphatic rings. The van der Waals surface area contributed by atoms with Crippen molar-refractivity contribution in [1.82, 2.24) is 30.2 Å². The number of fused-ring (bicyclic) bond motifs is 1. The molecule has 1 aromatic rings. The summed E-state index contributed by atoms with van der Waals surface area (Å²) in [5, 5.41) is 10.5. The molecule has 0 bridgehead atoms. The Morgan fingerprint density at radius 3 is 2.55 bits per heavy atom.